The van der Waals surface area contributed by atoms with Crippen LogP contribution in [0.2, 0.25) is 0 Å². The Morgan fingerprint density at radius 2 is 1.96 bits per heavy atom. The zero-order valence-electron chi connectivity index (χ0n) is 13.7. The molecule has 1 aliphatic heterocycles. The van der Waals surface area contributed by atoms with Crippen LogP contribution < -0.4 is 10.5 Å². The minimum atomic E-state index is -3.67. The molecule has 0 unspecified atom stereocenters. The van der Waals surface area contributed by atoms with Gasteiger partial charge >= 0.3 is 0 Å². The van der Waals surface area contributed by atoms with E-state index < -0.39 is 15.6 Å². The van der Waals surface area contributed by atoms with Crippen molar-refractivity contribution in [3.8, 4) is 0 Å². The lowest BCUT2D eigenvalue weighted by Gasteiger charge is -2.17. The summed E-state index contributed by atoms with van der Waals surface area (Å²) in [5, 5.41) is 3.93. The van der Waals surface area contributed by atoms with Crippen LogP contribution in [0.1, 0.15) is 48.5 Å². The number of sulfonamides is 1. The fourth-order valence-corrected chi connectivity index (χ4v) is 4.34. The molecule has 0 amide bonds. The van der Waals surface area contributed by atoms with Crippen LogP contribution in [0.25, 0.3) is 0 Å². The third-order valence-electron chi connectivity index (χ3n) is 4.83. The molecule has 1 aromatic heterocycles. The quantitative estimate of drug-likeness (QED) is 0.820. The zero-order valence-corrected chi connectivity index (χ0v) is 14.5. The highest BCUT2D eigenvalue weighted by molar-refractivity contribution is 7.89. The first-order valence-electron chi connectivity index (χ1n) is 8.27. The van der Waals surface area contributed by atoms with Gasteiger partial charge < -0.3 is 15.0 Å². The number of hydrogen-bond donors (Lipinski definition) is 2. The number of ether oxygens (including phenoxy) is 1. The molecule has 4 rings (SSSR count). The molecule has 1 aromatic carbocycles. The van der Waals surface area contributed by atoms with E-state index in [-0.39, 0.29) is 17.3 Å². The molecule has 0 atom stereocenters. The average Bonchev–Trinajstić information content (AvgIpc) is 3.33. The Balaban J connectivity index is 1.46. The molecule has 3 N–H and O–H groups in total. The maximum Gasteiger partial charge on any atom is 0.241 e. The average molecular weight is 364 g/mol. The molecule has 2 aliphatic rings. The normalized spacial score (nSPS) is 19.2. The monoisotopic (exact) mass is 364 g/mol. The Labute approximate surface area is 145 Å². The minimum Gasteiger partial charge on any atom is -0.372 e. The first-order chi connectivity index (χ1) is 12.0. The lowest BCUT2D eigenvalue weighted by Crippen LogP contribution is -2.34. The first-order valence-corrected chi connectivity index (χ1v) is 9.76. The molecule has 9 heteroatoms. The fourth-order valence-electron chi connectivity index (χ4n) is 3.31. The van der Waals surface area contributed by atoms with Gasteiger partial charge in [-0.1, -0.05) is 24.1 Å². The minimum absolute atomic E-state index is 0.0704. The van der Waals surface area contributed by atoms with Crippen LogP contribution >= 0.6 is 0 Å². The van der Waals surface area contributed by atoms with Gasteiger partial charge in [0.1, 0.15) is 0 Å². The number of hydrogen-bond acceptors (Lipinski definition) is 7. The van der Waals surface area contributed by atoms with Gasteiger partial charge in [0.15, 0.2) is 5.82 Å². The van der Waals surface area contributed by atoms with Crippen LogP contribution in [0, 0.1) is 0 Å². The van der Waals surface area contributed by atoms with Crippen LogP contribution in [-0.2, 0) is 40.1 Å². The van der Waals surface area contributed by atoms with Crippen molar-refractivity contribution in [2.24, 2.45) is 5.73 Å². The van der Waals surface area contributed by atoms with Gasteiger partial charge in [-0.05, 0) is 36.1 Å². The Kier molecular flexibility index (Phi) is 4.11. The van der Waals surface area contributed by atoms with E-state index in [9.17, 15) is 8.42 Å². The molecule has 2 heterocycles. The molecular formula is C16H20N4O4S. The summed E-state index contributed by atoms with van der Waals surface area (Å²) in [6.07, 6.45) is 3.70. The summed E-state index contributed by atoms with van der Waals surface area (Å²) < 4.78 is 37.9. The largest absolute Gasteiger partial charge is 0.372 e. The smallest absolute Gasteiger partial charge is 0.241 e. The van der Waals surface area contributed by atoms with Crippen molar-refractivity contribution >= 4 is 10.0 Å². The molecule has 0 spiro atoms. The topological polar surface area (TPSA) is 120 Å². The van der Waals surface area contributed by atoms with Gasteiger partial charge in [0.2, 0.25) is 15.9 Å². The van der Waals surface area contributed by atoms with E-state index in [0.29, 0.717) is 19.0 Å². The molecule has 8 nitrogen and oxygen atoms in total. The summed E-state index contributed by atoms with van der Waals surface area (Å²) in [6.45, 7) is 0.887. The van der Waals surface area contributed by atoms with Crippen molar-refractivity contribution in [1.29, 1.82) is 0 Å². The number of fused-ring (bicyclic) bond motifs is 1. The lowest BCUT2D eigenvalue weighted by molar-refractivity contribution is 0.134. The second-order valence-corrected chi connectivity index (χ2v) is 8.39. The highest BCUT2D eigenvalue weighted by Crippen LogP contribution is 2.34. The zero-order chi connectivity index (χ0) is 17.5. The van der Waals surface area contributed by atoms with Gasteiger partial charge in [0, 0.05) is 0 Å². The number of rotatable bonds is 5. The van der Waals surface area contributed by atoms with Crippen LogP contribution in [0.3, 0.4) is 0 Å². The Hall–Kier alpha value is -1.81. The number of aromatic nitrogens is 2. The van der Waals surface area contributed by atoms with E-state index in [0.717, 1.165) is 36.8 Å². The van der Waals surface area contributed by atoms with E-state index in [1.165, 1.54) is 0 Å². The second-order valence-electron chi connectivity index (χ2n) is 6.62. The number of nitrogens with one attached hydrogen (secondary N) is 1. The van der Waals surface area contributed by atoms with Gasteiger partial charge in [-0.2, -0.15) is 4.98 Å². The van der Waals surface area contributed by atoms with E-state index in [2.05, 4.69) is 14.9 Å². The second kappa shape index (κ2) is 6.17. The van der Waals surface area contributed by atoms with Crippen molar-refractivity contribution in [2.45, 2.75) is 55.9 Å². The molecule has 0 bridgehead atoms. The van der Waals surface area contributed by atoms with Crippen molar-refractivity contribution in [3.05, 3.63) is 41.0 Å². The maximum absolute atomic E-state index is 12.5. The molecule has 1 fully saturated rings. The summed E-state index contributed by atoms with van der Waals surface area (Å²) in [6, 6.07) is 4.99. The number of nitrogens with two attached hydrogens (primary N) is 1. The summed E-state index contributed by atoms with van der Waals surface area (Å²) in [4.78, 5) is 4.47. The van der Waals surface area contributed by atoms with E-state index >= 15 is 0 Å². The van der Waals surface area contributed by atoms with E-state index in [4.69, 9.17) is 15.0 Å². The standard InChI is InChI=1S/C16H20N4O4S/c17-16(5-1-2-6-16)15-19-14(24-20-15)8-18-25(21,22)13-4-3-11-9-23-10-12(11)7-13/h3-4,7,18H,1-2,5-6,8-10,17H2. The van der Waals surface area contributed by atoms with Crippen molar-refractivity contribution in [3.63, 3.8) is 0 Å². The van der Waals surface area contributed by atoms with Crippen LogP contribution in [0.5, 0.6) is 0 Å². The lowest BCUT2D eigenvalue weighted by atomic mass is 9.99. The first kappa shape index (κ1) is 16.6. The van der Waals surface area contributed by atoms with Gasteiger partial charge in [-0.25, -0.2) is 13.1 Å². The number of nitrogens with zero attached hydrogens (tertiary/aromatic N) is 2. The van der Waals surface area contributed by atoms with Crippen LogP contribution in [0.15, 0.2) is 27.6 Å². The summed E-state index contributed by atoms with van der Waals surface area (Å²) in [5.41, 5.74) is 7.64. The predicted octanol–water partition coefficient (Wildman–Crippen LogP) is 1.31. The van der Waals surface area contributed by atoms with E-state index in [1.807, 2.05) is 0 Å². The summed E-state index contributed by atoms with van der Waals surface area (Å²) in [5.74, 6) is 0.661. The molecule has 1 saturated carbocycles. The summed E-state index contributed by atoms with van der Waals surface area (Å²) in [7, 11) is -3.67. The Morgan fingerprint density at radius 1 is 1.20 bits per heavy atom. The molecular weight excluding hydrogens is 344 g/mol. The van der Waals surface area contributed by atoms with Gasteiger partial charge in [0.05, 0.1) is 30.2 Å². The van der Waals surface area contributed by atoms with Crippen LogP contribution in [0.4, 0.5) is 0 Å². The molecule has 1 aliphatic carbocycles. The molecule has 25 heavy (non-hydrogen) atoms. The molecule has 0 radical (unpaired) electrons. The van der Waals surface area contributed by atoms with Gasteiger partial charge in [0.25, 0.3) is 0 Å². The third kappa shape index (κ3) is 3.20. The predicted molar refractivity (Wildman–Crippen MR) is 87.6 cm³/mol. The highest BCUT2D eigenvalue weighted by Gasteiger charge is 2.36. The van der Waals surface area contributed by atoms with Crippen molar-refractivity contribution < 1.29 is 17.7 Å². The maximum atomic E-state index is 12.5. The molecule has 0 saturated heterocycles. The number of benzene rings is 1. The fraction of sp³-hybridized carbons (Fsp3) is 0.500. The van der Waals surface area contributed by atoms with Gasteiger partial charge in [-0.15, -0.1) is 0 Å². The van der Waals surface area contributed by atoms with Crippen molar-refractivity contribution in [2.75, 3.05) is 0 Å². The van der Waals surface area contributed by atoms with E-state index in [1.54, 1.807) is 18.2 Å². The van der Waals surface area contributed by atoms with Crippen LogP contribution in [-0.4, -0.2) is 18.6 Å². The Morgan fingerprint density at radius 3 is 2.76 bits per heavy atom. The third-order valence-corrected chi connectivity index (χ3v) is 6.22. The molecule has 134 valence electrons. The highest BCUT2D eigenvalue weighted by atomic mass is 32.2. The van der Waals surface area contributed by atoms with Gasteiger partial charge in [-0.3, -0.25) is 0 Å². The Bertz CT molecular complexity index is 887. The summed E-state index contributed by atoms with van der Waals surface area (Å²) >= 11 is 0. The molecule has 2 aromatic rings. The SMILES string of the molecule is NC1(c2noc(CNS(=O)(=O)c3ccc4c(c3)COC4)n2)CCCC1. The van der Waals surface area contributed by atoms with Crippen molar-refractivity contribution in [1.82, 2.24) is 14.9 Å².